The van der Waals surface area contributed by atoms with Crippen LogP contribution in [0.1, 0.15) is 16.6 Å². The summed E-state index contributed by atoms with van der Waals surface area (Å²) in [5.41, 5.74) is 3.93. The van der Waals surface area contributed by atoms with Gasteiger partial charge in [0.05, 0.1) is 22.8 Å². The SMILES string of the molecule is CNC(Cc1cncs1)c1nc2ccccc2cc1Br. The third-order valence-corrected chi connectivity index (χ3v) is 4.71. The van der Waals surface area contributed by atoms with E-state index in [1.807, 2.05) is 37.0 Å². The predicted octanol–water partition coefficient (Wildman–Crippen LogP) is 3.96. The highest BCUT2D eigenvalue weighted by atomic mass is 79.9. The minimum atomic E-state index is 0.175. The number of nitrogens with zero attached hydrogens (tertiary/aromatic N) is 2. The highest BCUT2D eigenvalue weighted by molar-refractivity contribution is 9.10. The topological polar surface area (TPSA) is 37.8 Å². The Balaban J connectivity index is 2.00. The summed E-state index contributed by atoms with van der Waals surface area (Å²) in [4.78, 5) is 10.2. The fourth-order valence-corrected chi connectivity index (χ4v) is 3.48. The van der Waals surface area contributed by atoms with Gasteiger partial charge >= 0.3 is 0 Å². The third kappa shape index (κ3) is 2.75. The minimum absolute atomic E-state index is 0.175. The lowest BCUT2D eigenvalue weighted by atomic mass is 10.1. The smallest absolute Gasteiger partial charge is 0.0794 e. The maximum atomic E-state index is 4.80. The Labute approximate surface area is 130 Å². The lowest BCUT2D eigenvalue weighted by molar-refractivity contribution is 0.579. The molecule has 2 heterocycles. The monoisotopic (exact) mass is 347 g/mol. The Bertz CT molecular complexity index is 712. The number of halogens is 1. The van der Waals surface area contributed by atoms with Gasteiger partial charge in [0.1, 0.15) is 0 Å². The highest BCUT2D eigenvalue weighted by Gasteiger charge is 2.16. The molecule has 0 saturated carbocycles. The molecule has 0 aliphatic carbocycles. The molecule has 0 bridgehead atoms. The predicted molar refractivity (Wildman–Crippen MR) is 87.1 cm³/mol. The van der Waals surface area contributed by atoms with Crippen LogP contribution in [-0.2, 0) is 6.42 Å². The Morgan fingerprint density at radius 2 is 2.20 bits per heavy atom. The van der Waals surface area contributed by atoms with Crippen molar-refractivity contribution in [3.63, 3.8) is 0 Å². The molecule has 1 aromatic carbocycles. The number of thiazole rings is 1. The molecule has 0 aliphatic heterocycles. The van der Waals surface area contributed by atoms with E-state index in [1.54, 1.807) is 11.3 Å². The molecule has 0 fully saturated rings. The molecule has 0 saturated heterocycles. The van der Waals surface area contributed by atoms with E-state index < -0.39 is 0 Å². The number of hydrogen-bond donors (Lipinski definition) is 1. The first-order valence-electron chi connectivity index (χ1n) is 6.37. The van der Waals surface area contributed by atoms with Gasteiger partial charge in [-0.2, -0.15) is 0 Å². The molecule has 1 atom stereocenters. The van der Waals surface area contributed by atoms with E-state index in [0.717, 1.165) is 27.5 Å². The van der Waals surface area contributed by atoms with Gasteiger partial charge in [0.2, 0.25) is 0 Å². The molecular weight excluding hydrogens is 334 g/mol. The Morgan fingerprint density at radius 3 is 2.95 bits per heavy atom. The van der Waals surface area contributed by atoms with Crippen LogP contribution in [0.5, 0.6) is 0 Å². The Hall–Kier alpha value is -1.30. The summed E-state index contributed by atoms with van der Waals surface area (Å²) in [6.07, 6.45) is 2.81. The first-order chi connectivity index (χ1) is 9.78. The van der Waals surface area contributed by atoms with E-state index in [4.69, 9.17) is 4.98 Å². The average molecular weight is 348 g/mol. The van der Waals surface area contributed by atoms with Crippen LogP contribution in [-0.4, -0.2) is 17.0 Å². The van der Waals surface area contributed by atoms with Crippen LogP contribution in [0.15, 0.2) is 46.5 Å². The summed E-state index contributed by atoms with van der Waals surface area (Å²) in [6, 6.07) is 10.5. The number of benzene rings is 1. The van der Waals surface area contributed by atoms with Crippen LogP contribution in [0.2, 0.25) is 0 Å². The van der Waals surface area contributed by atoms with Gasteiger partial charge in [-0.05, 0) is 35.1 Å². The zero-order chi connectivity index (χ0) is 13.9. The van der Waals surface area contributed by atoms with Crippen molar-refractivity contribution in [2.45, 2.75) is 12.5 Å². The molecule has 3 rings (SSSR count). The van der Waals surface area contributed by atoms with E-state index >= 15 is 0 Å². The van der Waals surface area contributed by atoms with E-state index in [1.165, 1.54) is 4.88 Å². The zero-order valence-corrected chi connectivity index (χ0v) is 13.4. The highest BCUT2D eigenvalue weighted by Crippen LogP contribution is 2.28. The third-order valence-electron chi connectivity index (χ3n) is 3.27. The maximum absolute atomic E-state index is 4.80. The summed E-state index contributed by atoms with van der Waals surface area (Å²) in [5, 5.41) is 4.50. The molecule has 0 amide bonds. The second-order valence-corrected chi connectivity index (χ2v) is 6.39. The maximum Gasteiger partial charge on any atom is 0.0794 e. The van der Waals surface area contributed by atoms with Crippen molar-refractivity contribution in [3.8, 4) is 0 Å². The van der Waals surface area contributed by atoms with Gasteiger partial charge in [-0.1, -0.05) is 18.2 Å². The molecule has 2 aromatic heterocycles. The van der Waals surface area contributed by atoms with E-state index in [9.17, 15) is 0 Å². The van der Waals surface area contributed by atoms with Crippen LogP contribution < -0.4 is 5.32 Å². The van der Waals surface area contributed by atoms with E-state index in [2.05, 4.69) is 38.4 Å². The van der Waals surface area contributed by atoms with Gasteiger partial charge in [-0.3, -0.25) is 4.98 Å². The van der Waals surface area contributed by atoms with Gasteiger partial charge in [0, 0.05) is 27.4 Å². The second-order valence-electron chi connectivity index (χ2n) is 4.56. The van der Waals surface area contributed by atoms with Crippen molar-refractivity contribution in [1.82, 2.24) is 15.3 Å². The van der Waals surface area contributed by atoms with Gasteiger partial charge in [0.25, 0.3) is 0 Å². The van der Waals surface area contributed by atoms with E-state index in [0.29, 0.717) is 0 Å². The number of fused-ring (bicyclic) bond motifs is 1. The molecule has 3 aromatic rings. The van der Waals surface area contributed by atoms with Gasteiger partial charge in [-0.25, -0.2) is 4.98 Å². The van der Waals surface area contributed by atoms with Crippen LogP contribution in [0, 0.1) is 0 Å². The standard InChI is InChI=1S/C15H14BrN3S/c1-17-14(7-11-8-18-9-20-11)15-12(16)6-10-4-2-3-5-13(10)19-15/h2-6,8-9,14,17H,7H2,1H3. The fraction of sp³-hybridized carbons (Fsp3) is 0.200. The van der Waals surface area contributed by atoms with Crippen LogP contribution in [0.3, 0.4) is 0 Å². The summed E-state index contributed by atoms with van der Waals surface area (Å²) < 4.78 is 1.04. The molecule has 0 aliphatic rings. The quantitative estimate of drug-likeness (QED) is 0.776. The minimum Gasteiger partial charge on any atom is -0.311 e. The first-order valence-corrected chi connectivity index (χ1v) is 8.05. The number of nitrogens with one attached hydrogen (secondary N) is 1. The molecule has 0 radical (unpaired) electrons. The molecule has 5 heteroatoms. The number of aromatic nitrogens is 2. The number of rotatable bonds is 4. The van der Waals surface area contributed by atoms with Gasteiger partial charge in [-0.15, -0.1) is 11.3 Å². The molecule has 1 N–H and O–H groups in total. The van der Waals surface area contributed by atoms with Crippen molar-refractivity contribution in [2.24, 2.45) is 0 Å². The number of likely N-dealkylation sites (N-methyl/N-ethyl adjacent to an activating group) is 1. The van der Waals surface area contributed by atoms with Gasteiger partial charge < -0.3 is 5.32 Å². The van der Waals surface area contributed by atoms with E-state index in [-0.39, 0.29) is 6.04 Å². The second kappa shape index (κ2) is 5.99. The zero-order valence-electron chi connectivity index (χ0n) is 11.0. The van der Waals surface area contributed by atoms with Crippen molar-refractivity contribution < 1.29 is 0 Å². The molecule has 3 nitrogen and oxygen atoms in total. The lowest BCUT2D eigenvalue weighted by Gasteiger charge is -2.17. The molecule has 102 valence electrons. The fourth-order valence-electron chi connectivity index (χ4n) is 2.23. The van der Waals surface area contributed by atoms with Crippen molar-refractivity contribution in [1.29, 1.82) is 0 Å². The van der Waals surface area contributed by atoms with Gasteiger partial charge in [0.15, 0.2) is 0 Å². The van der Waals surface area contributed by atoms with Crippen LogP contribution in [0.4, 0.5) is 0 Å². The Morgan fingerprint density at radius 1 is 1.35 bits per heavy atom. The van der Waals surface area contributed by atoms with Crippen molar-refractivity contribution in [2.75, 3.05) is 7.05 Å². The largest absolute Gasteiger partial charge is 0.311 e. The average Bonchev–Trinajstić information content (AvgIpc) is 2.97. The molecule has 1 unspecified atom stereocenters. The van der Waals surface area contributed by atoms with Crippen LogP contribution >= 0.6 is 27.3 Å². The lowest BCUT2D eigenvalue weighted by Crippen LogP contribution is -2.20. The van der Waals surface area contributed by atoms with Crippen molar-refractivity contribution >= 4 is 38.2 Å². The Kier molecular flexibility index (Phi) is 4.10. The summed E-state index contributed by atoms with van der Waals surface area (Å²) in [7, 11) is 1.97. The molecular formula is C15H14BrN3S. The normalized spacial score (nSPS) is 12.7. The number of pyridine rings is 1. The molecule has 0 spiro atoms. The summed E-state index contributed by atoms with van der Waals surface area (Å²) >= 11 is 5.32. The summed E-state index contributed by atoms with van der Waals surface area (Å²) in [5.74, 6) is 0. The van der Waals surface area contributed by atoms with Crippen molar-refractivity contribution in [3.05, 3.63) is 57.1 Å². The number of hydrogen-bond acceptors (Lipinski definition) is 4. The first kappa shape index (κ1) is 13.7. The molecule has 20 heavy (non-hydrogen) atoms. The summed E-state index contributed by atoms with van der Waals surface area (Å²) in [6.45, 7) is 0. The van der Waals surface area contributed by atoms with Crippen LogP contribution in [0.25, 0.3) is 10.9 Å². The number of para-hydroxylation sites is 1.